The molecule has 0 fully saturated rings. The quantitative estimate of drug-likeness (QED) is 0.115. The Morgan fingerprint density at radius 2 is 0.849 bits per heavy atom. The van der Waals surface area contributed by atoms with Crippen molar-refractivity contribution in [2.45, 2.75) is 79.1 Å². The van der Waals surface area contributed by atoms with Gasteiger partial charge in [0.2, 0.25) is 11.4 Å². The van der Waals surface area contributed by atoms with E-state index in [4.69, 9.17) is 4.98 Å². The molecule has 1 aliphatic rings. The van der Waals surface area contributed by atoms with Crippen molar-refractivity contribution in [1.29, 1.82) is 0 Å². The maximum atomic E-state index is 4.70. The predicted octanol–water partition coefficient (Wildman–Crippen LogP) is 13.7. The van der Waals surface area contributed by atoms with Crippen LogP contribution in [0.4, 0.5) is 22.7 Å². The van der Waals surface area contributed by atoms with Crippen molar-refractivity contribution in [3.63, 3.8) is 0 Å². The summed E-state index contributed by atoms with van der Waals surface area (Å²) in [6, 6.07) is 51.3. The SMILES string of the molecule is CC(C)c1cccc(C(C)C)c1[N+]1=C=[N+](c2c(C(C)C)cccc2C(C)C)c2ccccc21.[Au+].c1ccc(-c2cccc3[n-]c4ccccc4c23)cc1. The van der Waals surface area contributed by atoms with Crippen LogP contribution in [0.3, 0.4) is 0 Å². The summed E-state index contributed by atoms with van der Waals surface area (Å²) in [7, 11) is 0. The van der Waals surface area contributed by atoms with Gasteiger partial charge >= 0.3 is 28.4 Å². The first-order chi connectivity index (χ1) is 25.2. The molecular formula is C49H50AuN3+2. The molecule has 0 saturated heterocycles. The molecule has 7 aromatic rings. The second-order valence-electron chi connectivity index (χ2n) is 15.1. The van der Waals surface area contributed by atoms with Crippen LogP contribution >= 0.6 is 0 Å². The van der Waals surface area contributed by atoms with Gasteiger partial charge in [-0.2, -0.15) is 0 Å². The number of nitrogens with zero attached hydrogens (tertiary/aromatic N) is 3. The van der Waals surface area contributed by atoms with Gasteiger partial charge in [-0.05, 0) is 54.7 Å². The van der Waals surface area contributed by atoms with Crippen LogP contribution < -0.4 is 14.1 Å². The number of rotatable bonds is 7. The fourth-order valence-electron chi connectivity index (χ4n) is 7.62. The summed E-state index contributed by atoms with van der Waals surface area (Å²) < 4.78 is 4.64. The molecule has 270 valence electrons. The second-order valence-corrected chi connectivity index (χ2v) is 15.1. The fourth-order valence-corrected chi connectivity index (χ4v) is 7.62. The number of hydrogen-bond acceptors (Lipinski definition) is 0. The number of benzene rings is 6. The molecule has 1 aromatic heterocycles. The van der Waals surface area contributed by atoms with Crippen LogP contribution in [0.2, 0.25) is 0 Å². The Kier molecular flexibility index (Phi) is 11.5. The smallest absolute Gasteiger partial charge is 0.657 e. The molecule has 0 N–H and O–H groups in total. The van der Waals surface area contributed by atoms with Gasteiger partial charge in [0.05, 0.1) is 0 Å². The van der Waals surface area contributed by atoms with E-state index < -0.39 is 0 Å². The molecule has 0 unspecified atom stereocenters. The van der Waals surface area contributed by atoms with Crippen molar-refractivity contribution in [3.05, 3.63) is 156 Å². The van der Waals surface area contributed by atoms with Crippen molar-refractivity contribution in [3.8, 4) is 11.1 Å². The molecule has 3 nitrogen and oxygen atoms in total. The summed E-state index contributed by atoms with van der Waals surface area (Å²) in [5, 5.41) is 2.49. The first-order valence-electron chi connectivity index (χ1n) is 18.9. The zero-order valence-electron chi connectivity index (χ0n) is 32.2. The molecule has 0 spiro atoms. The standard InChI is InChI=1S/C31H38N2.C18H12N.Au/c1-20(2)24-13-11-14-25(21(3)4)30(24)32-19-33(29-18-10-9-17-28(29)32)31-26(22(5)6)15-12-16-27(31)23(7)8;1-2-7-13(8-3-1)14-10-6-12-17-18(14)15-9-4-5-11-16(15)19-17;/h9-18,20-23H,1-8H3;1-12H;/q+2;-1;+1. The topological polar surface area (TPSA) is 20.1 Å². The first-order valence-corrected chi connectivity index (χ1v) is 18.9. The van der Waals surface area contributed by atoms with Crippen molar-refractivity contribution in [2.75, 3.05) is 0 Å². The van der Waals surface area contributed by atoms with Crippen molar-refractivity contribution < 1.29 is 22.4 Å². The zero-order valence-corrected chi connectivity index (χ0v) is 34.3. The fraction of sp³-hybridized carbons (Fsp3) is 0.245. The van der Waals surface area contributed by atoms with E-state index >= 15 is 0 Å². The summed E-state index contributed by atoms with van der Waals surface area (Å²) in [5.41, 5.74) is 15.1. The minimum atomic E-state index is 0. The van der Waals surface area contributed by atoms with Crippen molar-refractivity contribution >= 4 is 50.6 Å². The second kappa shape index (κ2) is 16.1. The molecule has 53 heavy (non-hydrogen) atoms. The number of aromatic nitrogens is 1. The van der Waals surface area contributed by atoms with Gasteiger partial charge in [-0.15, -0.1) is 11.0 Å². The van der Waals surface area contributed by atoms with Crippen LogP contribution in [0.15, 0.2) is 133 Å². The largest absolute Gasteiger partial charge is 1.00 e. The van der Waals surface area contributed by atoms with E-state index in [-0.39, 0.29) is 22.4 Å². The predicted molar refractivity (Wildman–Crippen MR) is 224 cm³/mol. The monoisotopic (exact) mass is 877 g/mol. The molecule has 1 aliphatic heterocycles. The third-order valence-electron chi connectivity index (χ3n) is 10.2. The number of para-hydroxylation sites is 5. The summed E-state index contributed by atoms with van der Waals surface area (Å²) in [4.78, 5) is 4.70. The van der Waals surface area contributed by atoms with Gasteiger partial charge in [0, 0.05) is 34.4 Å². The minimum absolute atomic E-state index is 0. The Morgan fingerprint density at radius 1 is 0.434 bits per heavy atom. The average Bonchev–Trinajstić information content (AvgIpc) is 3.73. The molecular weight excluding hydrogens is 828 g/mol. The minimum Gasteiger partial charge on any atom is -0.657 e. The Labute approximate surface area is 331 Å². The Morgan fingerprint density at radius 3 is 1.34 bits per heavy atom. The molecule has 2 heterocycles. The summed E-state index contributed by atoms with van der Waals surface area (Å²) >= 11 is 0. The van der Waals surface area contributed by atoms with E-state index in [2.05, 4.69) is 192 Å². The van der Waals surface area contributed by atoms with E-state index in [0.717, 1.165) is 11.0 Å². The van der Waals surface area contributed by atoms with Crippen molar-refractivity contribution in [1.82, 2.24) is 14.1 Å². The average molecular weight is 878 g/mol. The third-order valence-corrected chi connectivity index (χ3v) is 10.2. The maximum absolute atomic E-state index is 4.70. The van der Waals surface area contributed by atoms with Crippen LogP contribution in [-0.2, 0) is 22.4 Å². The van der Waals surface area contributed by atoms with Crippen LogP contribution in [0.5, 0.6) is 0 Å². The third kappa shape index (κ3) is 7.28. The van der Waals surface area contributed by atoms with E-state index in [9.17, 15) is 0 Å². The number of hydrogen-bond donors (Lipinski definition) is 0. The van der Waals surface area contributed by atoms with Gasteiger partial charge in [-0.25, -0.2) is 0 Å². The van der Waals surface area contributed by atoms with Gasteiger partial charge < -0.3 is 4.98 Å². The molecule has 0 radical (unpaired) electrons. The van der Waals surface area contributed by atoms with Crippen LogP contribution in [0, 0.1) is 0 Å². The molecule has 0 amide bonds. The summed E-state index contributed by atoms with van der Waals surface area (Å²) in [6.07, 6.45) is 0. The van der Waals surface area contributed by atoms with E-state index in [1.807, 2.05) is 12.1 Å². The summed E-state index contributed by atoms with van der Waals surface area (Å²) in [6.45, 7) is 18.3. The van der Waals surface area contributed by atoms with Crippen LogP contribution in [0.25, 0.3) is 32.9 Å². The van der Waals surface area contributed by atoms with Gasteiger partial charge in [-0.1, -0.05) is 177 Å². The van der Waals surface area contributed by atoms with Crippen molar-refractivity contribution in [2.24, 2.45) is 0 Å². The van der Waals surface area contributed by atoms with E-state index in [0.29, 0.717) is 23.7 Å². The van der Waals surface area contributed by atoms with Gasteiger partial charge in [0.25, 0.3) is 11.4 Å². The molecule has 0 bridgehead atoms. The zero-order chi connectivity index (χ0) is 36.5. The molecule has 0 aliphatic carbocycles. The summed E-state index contributed by atoms with van der Waals surface area (Å²) in [5.74, 6) is 1.71. The molecule has 6 aromatic carbocycles. The van der Waals surface area contributed by atoms with Crippen LogP contribution in [-0.4, -0.2) is 6.01 Å². The first kappa shape index (κ1) is 38.0. The Balaban J connectivity index is 0.000000203. The molecule has 0 atom stereocenters. The van der Waals surface area contributed by atoms with Gasteiger partial charge in [0.15, 0.2) is 0 Å². The van der Waals surface area contributed by atoms with E-state index in [1.165, 1.54) is 66.9 Å². The number of fused-ring (bicyclic) bond motifs is 4. The van der Waals surface area contributed by atoms with Gasteiger partial charge in [-0.3, -0.25) is 0 Å². The van der Waals surface area contributed by atoms with E-state index in [1.54, 1.807) is 0 Å². The Bertz CT molecular complexity index is 2310. The molecule has 0 saturated carbocycles. The molecule has 4 heteroatoms. The molecule has 8 rings (SSSR count). The maximum Gasteiger partial charge on any atom is 1.00 e. The van der Waals surface area contributed by atoms with Gasteiger partial charge in [0.1, 0.15) is 0 Å². The normalized spacial score (nSPS) is 12.2. The Hall–Kier alpha value is -4.76. The van der Waals surface area contributed by atoms with Crippen LogP contribution in [0.1, 0.15) is 101 Å².